The highest BCUT2D eigenvalue weighted by Crippen LogP contribution is 2.45. The lowest BCUT2D eigenvalue weighted by atomic mass is 10.0. The lowest BCUT2D eigenvalue weighted by molar-refractivity contribution is 0.352. The molecule has 0 radical (unpaired) electrons. The number of rotatable bonds is 4. The van der Waals surface area contributed by atoms with Gasteiger partial charge in [0.2, 0.25) is 0 Å². The van der Waals surface area contributed by atoms with Crippen LogP contribution in [0.4, 0.5) is 5.82 Å². The molecule has 0 unspecified atom stereocenters. The van der Waals surface area contributed by atoms with Gasteiger partial charge in [0, 0.05) is 65.2 Å². The van der Waals surface area contributed by atoms with Gasteiger partial charge >= 0.3 is 0 Å². The molecule has 9 heteroatoms. The van der Waals surface area contributed by atoms with Crippen molar-refractivity contribution in [3.05, 3.63) is 57.2 Å². The van der Waals surface area contributed by atoms with Crippen molar-refractivity contribution < 1.29 is 0 Å². The van der Waals surface area contributed by atoms with Crippen molar-refractivity contribution in [1.29, 1.82) is 0 Å². The van der Waals surface area contributed by atoms with Crippen LogP contribution in [0.25, 0.3) is 38.9 Å². The number of hydrogen-bond donors (Lipinski definition) is 2. The summed E-state index contributed by atoms with van der Waals surface area (Å²) in [5.41, 5.74) is 5.98. The molecule has 3 aliphatic rings. The fourth-order valence-corrected chi connectivity index (χ4v) is 7.77. The van der Waals surface area contributed by atoms with Gasteiger partial charge in [-0.1, -0.05) is 32.3 Å². The molecule has 0 amide bonds. The van der Waals surface area contributed by atoms with Crippen LogP contribution in [0.15, 0.2) is 45.9 Å². The van der Waals surface area contributed by atoms with Crippen LogP contribution in [-0.4, -0.2) is 54.1 Å². The Labute approximate surface area is 230 Å². The molecule has 1 aliphatic carbocycles. The second-order valence-corrected chi connectivity index (χ2v) is 13.1. The minimum absolute atomic E-state index is 0.00247. The van der Waals surface area contributed by atoms with E-state index in [0.717, 1.165) is 69.3 Å². The Bertz CT molecular complexity index is 1650. The third kappa shape index (κ3) is 4.28. The Kier molecular flexibility index (Phi) is 5.67. The first-order chi connectivity index (χ1) is 18.0. The number of H-pyrrole nitrogens is 1. The second-order valence-electron chi connectivity index (χ2n) is 10.6. The first kappa shape index (κ1) is 23.4. The SMILES string of the molecule is CC1(C)CN(c2nc(-c3ccnc4[nH]c(C5=CI=CC=C5Cl)cc34)nc3cncc(C4CC4)c23)CCN1. The topological polar surface area (TPSA) is 82.6 Å². The van der Waals surface area contributed by atoms with Crippen LogP contribution >= 0.6 is 32.3 Å². The molecule has 0 atom stereocenters. The summed E-state index contributed by atoms with van der Waals surface area (Å²) in [4.78, 5) is 25.5. The van der Waals surface area contributed by atoms with Crippen molar-refractivity contribution in [3.8, 4) is 11.4 Å². The molecule has 4 aromatic heterocycles. The van der Waals surface area contributed by atoms with E-state index in [1.807, 2.05) is 30.7 Å². The maximum atomic E-state index is 6.54. The molecule has 7 nitrogen and oxygen atoms in total. The lowest BCUT2D eigenvalue weighted by Gasteiger charge is -2.40. The number of aromatic nitrogens is 5. The predicted octanol–water partition coefficient (Wildman–Crippen LogP) is 5.88. The van der Waals surface area contributed by atoms with E-state index in [2.05, 4.69) is 53.2 Å². The van der Waals surface area contributed by atoms with Crippen LogP contribution in [0, 0.1) is 0 Å². The number of nitrogens with zero attached hydrogens (tertiary/aromatic N) is 5. The minimum atomic E-state index is -0.136. The highest BCUT2D eigenvalue weighted by Gasteiger charge is 2.32. The smallest absolute Gasteiger partial charge is 0.163 e. The Morgan fingerprint density at radius 3 is 2.89 bits per heavy atom. The lowest BCUT2D eigenvalue weighted by Crippen LogP contribution is -2.57. The molecule has 0 spiro atoms. The summed E-state index contributed by atoms with van der Waals surface area (Å²) in [6, 6.07) is 4.15. The van der Waals surface area contributed by atoms with Crippen molar-refractivity contribution >= 4 is 69.7 Å². The van der Waals surface area contributed by atoms with Gasteiger partial charge in [0.15, 0.2) is 5.82 Å². The summed E-state index contributed by atoms with van der Waals surface area (Å²) in [5, 5.41) is 6.54. The van der Waals surface area contributed by atoms with Gasteiger partial charge < -0.3 is 15.2 Å². The van der Waals surface area contributed by atoms with Gasteiger partial charge in [-0.15, -0.1) is 0 Å². The Hall–Kier alpha value is -2.69. The van der Waals surface area contributed by atoms with E-state index >= 15 is 0 Å². The van der Waals surface area contributed by atoms with Crippen molar-refractivity contribution in [3.63, 3.8) is 0 Å². The zero-order valence-corrected chi connectivity index (χ0v) is 23.6. The Morgan fingerprint density at radius 2 is 2.08 bits per heavy atom. The number of halogens is 2. The van der Waals surface area contributed by atoms with Crippen molar-refractivity contribution in [1.82, 2.24) is 30.2 Å². The van der Waals surface area contributed by atoms with Gasteiger partial charge in [0.25, 0.3) is 0 Å². The molecule has 1 saturated carbocycles. The molecular weight excluding hydrogens is 597 g/mol. The van der Waals surface area contributed by atoms with Crippen LogP contribution < -0.4 is 10.2 Å². The van der Waals surface area contributed by atoms with Crippen LogP contribution in [-0.2, 0) is 0 Å². The van der Waals surface area contributed by atoms with Crippen molar-refractivity contribution in [2.24, 2.45) is 0 Å². The summed E-state index contributed by atoms with van der Waals surface area (Å²) in [6.45, 7) is 7.20. The number of allylic oxidation sites excluding steroid dienone is 3. The average molecular weight is 624 g/mol. The fourth-order valence-electron chi connectivity index (χ4n) is 5.35. The summed E-state index contributed by atoms with van der Waals surface area (Å²) in [6.07, 6.45) is 10.2. The van der Waals surface area contributed by atoms with E-state index in [-0.39, 0.29) is 26.3 Å². The van der Waals surface area contributed by atoms with Gasteiger partial charge in [-0.25, -0.2) is 15.0 Å². The summed E-state index contributed by atoms with van der Waals surface area (Å²) >= 11 is 6.40. The molecule has 6 heterocycles. The number of aromatic amines is 1. The molecule has 2 N–H and O–H groups in total. The summed E-state index contributed by atoms with van der Waals surface area (Å²) < 4.78 is 4.41. The molecule has 2 aliphatic heterocycles. The number of nitrogens with one attached hydrogen (secondary N) is 2. The van der Waals surface area contributed by atoms with Crippen LogP contribution in [0.2, 0.25) is 0 Å². The highest BCUT2D eigenvalue weighted by molar-refractivity contribution is 14.2. The molecule has 7 rings (SSSR count). The van der Waals surface area contributed by atoms with Gasteiger partial charge in [0.05, 0.1) is 16.7 Å². The third-order valence-electron chi connectivity index (χ3n) is 7.28. The predicted molar refractivity (Wildman–Crippen MR) is 161 cm³/mol. The Morgan fingerprint density at radius 1 is 1.19 bits per heavy atom. The summed E-state index contributed by atoms with van der Waals surface area (Å²) in [7, 11) is 0. The van der Waals surface area contributed by atoms with E-state index in [9.17, 15) is 0 Å². The van der Waals surface area contributed by atoms with Gasteiger partial charge in [0.1, 0.15) is 11.5 Å². The molecule has 4 aromatic rings. The maximum Gasteiger partial charge on any atom is 0.163 e. The highest BCUT2D eigenvalue weighted by atomic mass is 127. The molecule has 2 fully saturated rings. The summed E-state index contributed by atoms with van der Waals surface area (Å²) in [5.74, 6) is 2.27. The molecule has 0 bridgehead atoms. The molecule has 188 valence electrons. The van der Waals surface area contributed by atoms with Crippen LogP contribution in [0.5, 0.6) is 0 Å². The van der Waals surface area contributed by atoms with E-state index in [4.69, 9.17) is 21.6 Å². The molecule has 0 aromatic carbocycles. The first-order valence-electron chi connectivity index (χ1n) is 12.6. The fraction of sp³-hybridized carbons (Fsp3) is 0.321. The van der Waals surface area contributed by atoms with Crippen LogP contribution in [0.3, 0.4) is 0 Å². The van der Waals surface area contributed by atoms with E-state index in [1.165, 1.54) is 18.4 Å². The number of fused-ring (bicyclic) bond motifs is 2. The van der Waals surface area contributed by atoms with Crippen molar-refractivity contribution in [2.75, 3.05) is 24.5 Å². The zero-order valence-electron chi connectivity index (χ0n) is 20.7. The van der Waals surface area contributed by atoms with E-state index in [0.29, 0.717) is 11.7 Å². The number of pyridine rings is 2. The minimum Gasteiger partial charge on any atom is -0.353 e. The molecule has 37 heavy (non-hydrogen) atoms. The number of piperazine rings is 1. The Balaban J connectivity index is 1.42. The average Bonchev–Trinajstić information content (AvgIpc) is 3.65. The van der Waals surface area contributed by atoms with Gasteiger partial charge in [-0.3, -0.25) is 4.98 Å². The van der Waals surface area contributed by atoms with Crippen molar-refractivity contribution in [2.45, 2.75) is 38.1 Å². The number of anilines is 1. The largest absolute Gasteiger partial charge is 0.353 e. The van der Waals surface area contributed by atoms with E-state index < -0.39 is 0 Å². The second kappa shape index (κ2) is 8.96. The standard InChI is InChI=1S/C28H27ClIN7/c1-28(2)15-37(10-9-33-28)27-24-20(16-3-4-16)13-31-14-23(24)35-26(36-27)17-6-8-32-25-18(17)11-22(34-25)19-12-30-7-5-21(19)29/h5-8,11-14,16,33H,3-4,9-10,15H2,1-2H3,(H,32,34). The first-order valence-corrected chi connectivity index (χ1v) is 15.5. The third-order valence-corrected chi connectivity index (χ3v) is 9.37. The zero-order chi connectivity index (χ0) is 25.1. The normalized spacial score (nSPS) is 19.6. The maximum absolute atomic E-state index is 6.54. The molecular formula is C28H27ClIN7. The van der Waals surface area contributed by atoms with Crippen LogP contribution in [0.1, 0.15) is 43.9 Å². The number of hydrogen-bond acceptors (Lipinski definition) is 6. The van der Waals surface area contributed by atoms with E-state index in [1.54, 1.807) is 0 Å². The van der Waals surface area contributed by atoms with Gasteiger partial charge in [-0.2, -0.15) is 0 Å². The molecule has 1 saturated heterocycles. The van der Waals surface area contributed by atoms with Gasteiger partial charge in [-0.05, 0) is 64.5 Å². The quantitative estimate of drug-likeness (QED) is 0.276. The monoisotopic (exact) mass is 623 g/mol.